The van der Waals surface area contributed by atoms with Gasteiger partial charge in [-0.1, -0.05) is 30.3 Å². The number of carbonyl (C=O) groups excluding carboxylic acids is 3. The Labute approximate surface area is 179 Å². The van der Waals surface area contributed by atoms with E-state index in [0.29, 0.717) is 29.9 Å². The topological polar surface area (TPSA) is 74.7 Å². The van der Waals surface area contributed by atoms with Gasteiger partial charge in [-0.05, 0) is 30.3 Å². The molecule has 0 aliphatic carbocycles. The summed E-state index contributed by atoms with van der Waals surface area (Å²) in [6.07, 6.45) is 3.53. The van der Waals surface area contributed by atoms with Crippen molar-refractivity contribution in [3.63, 3.8) is 0 Å². The van der Waals surface area contributed by atoms with E-state index >= 15 is 0 Å². The van der Waals surface area contributed by atoms with E-state index in [1.807, 2.05) is 53.4 Å². The summed E-state index contributed by atoms with van der Waals surface area (Å²) in [6.45, 7) is 1.43. The van der Waals surface area contributed by atoms with Gasteiger partial charge in [0.05, 0.1) is 11.3 Å². The lowest BCUT2D eigenvalue weighted by atomic mass is 10.0. The van der Waals surface area contributed by atoms with Crippen molar-refractivity contribution in [1.29, 1.82) is 0 Å². The molecule has 0 saturated carbocycles. The Hall–Kier alpha value is -3.87. The van der Waals surface area contributed by atoms with Crippen molar-refractivity contribution in [1.82, 2.24) is 14.8 Å². The summed E-state index contributed by atoms with van der Waals surface area (Å²) < 4.78 is 1.99. The number of fused-ring (bicyclic) bond motifs is 5. The van der Waals surface area contributed by atoms with Crippen molar-refractivity contribution >= 4 is 23.4 Å². The molecule has 3 aromatic rings. The molecule has 1 aromatic heterocycles. The zero-order valence-corrected chi connectivity index (χ0v) is 16.9. The molecule has 2 aliphatic rings. The van der Waals surface area contributed by atoms with Gasteiger partial charge in [-0.25, -0.2) is 0 Å². The Morgan fingerprint density at radius 3 is 2.35 bits per heavy atom. The molecule has 3 amide bonds. The molecule has 0 fully saturated rings. The van der Waals surface area contributed by atoms with Crippen molar-refractivity contribution < 1.29 is 14.4 Å². The number of benzene rings is 2. The van der Waals surface area contributed by atoms with Gasteiger partial charge in [0.1, 0.15) is 6.17 Å². The summed E-state index contributed by atoms with van der Waals surface area (Å²) in [5.41, 5.74) is 2.49. The monoisotopic (exact) mass is 414 g/mol. The van der Waals surface area contributed by atoms with E-state index in [1.54, 1.807) is 34.1 Å². The second-order valence-corrected chi connectivity index (χ2v) is 7.67. The maximum atomic E-state index is 13.3. The summed E-state index contributed by atoms with van der Waals surface area (Å²) in [6, 6.07) is 18.4. The van der Waals surface area contributed by atoms with Crippen LogP contribution in [0.25, 0.3) is 0 Å². The van der Waals surface area contributed by atoms with E-state index < -0.39 is 6.17 Å². The molecule has 0 spiro atoms. The molecule has 1 atom stereocenters. The first-order chi connectivity index (χ1) is 15.1. The number of rotatable bonds is 6. The molecule has 1 N–H and O–H groups in total. The van der Waals surface area contributed by atoms with Crippen LogP contribution in [0.4, 0.5) is 5.69 Å². The fourth-order valence-corrected chi connectivity index (χ4v) is 4.35. The van der Waals surface area contributed by atoms with Crippen molar-refractivity contribution in [2.45, 2.75) is 19.1 Å². The van der Waals surface area contributed by atoms with Crippen molar-refractivity contribution in [3.05, 3.63) is 89.7 Å². The van der Waals surface area contributed by atoms with Gasteiger partial charge in [0, 0.05) is 49.6 Å². The Kier molecular flexibility index (Phi) is 4.78. The highest BCUT2D eigenvalue weighted by Crippen LogP contribution is 2.45. The van der Waals surface area contributed by atoms with Crippen LogP contribution in [0, 0.1) is 0 Å². The highest BCUT2D eigenvalue weighted by molar-refractivity contribution is 6.16. The van der Waals surface area contributed by atoms with Crippen LogP contribution >= 0.6 is 0 Å². The SMILES string of the molecule is O=C(CCN1C(=O)c2ccccc2N2C(=O)c3ccccc3C12)NCCn1cccc1. The van der Waals surface area contributed by atoms with Gasteiger partial charge in [0.2, 0.25) is 5.91 Å². The van der Waals surface area contributed by atoms with Gasteiger partial charge in [-0.15, -0.1) is 0 Å². The Morgan fingerprint density at radius 1 is 0.839 bits per heavy atom. The van der Waals surface area contributed by atoms with E-state index in [4.69, 9.17) is 0 Å². The highest BCUT2D eigenvalue weighted by atomic mass is 16.2. The molecule has 2 aromatic carbocycles. The zero-order valence-electron chi connectivity index (χ0n) is 16.9. The summed E-state index contributed by atoms with van der Waals surface area (Å²) >= 11 is 0. The number of nitrogens with zero attached hydrogens (tertiary/aromatic N) is 3. The van der Waals surface area contributed by atoms with Gasteiger partial charge in [0.25, 0.3) is 11.8 Å². The van der Waals surface area contributed by atoms with E-state index in [1.165, 1.54) is 0 Å². The third-order valence-corrected chi connectivity index (χ3v) is 5.82. The number of anilines is 1. The largest absolute Gasteiger partial charge is 0.354 e. The molecule has 0 bridgehead atoms. The number of amides is 3. The van der Waals surface area contributed by atoms with Crippen LogP contribution in [0.15, 0.2) is 73.1 Å². The second kappa shape index (κ2) is 7.75. The van der Waals surface area contributed by atoms with Crippen LogP contribution in [-0.4, -0.2) is 40.3 Å². The van der Waals surface area contributed by atoms with Crippen LogP contribution in [-0.2, 0) is 11.3 Å². The minimum atomic E-state index is -0.529. The smallest absolute Gasteiger partial charge is 0.260 e. The number of para-hydroxylation sites is 1. The first kappa shape index (κ1) is 19.1. The number of hydrogen-bond acceptors (Lipinski definition) is 3. The Bertz CT molecular complexity index is 1160. The van der Waals surface area contributed by atoms with Gasteiger partial charge in [-0.2, -0.15) is 0 Å². The quantitative estimate of drug-likeness (QED) is 0.674. The minimum Gasteiger partial charge on any atom is -0.354 e. The van der Waals surface area contributed by atoms with Crippen LogP contribution < -0.4 is 10.2 Å². The van der Waals surface area contributed by atoms with Gasteiger partial charge < -0.3 is 14.8 Å². The lowest BCUT2D eigenvalue weighted by Gasteiger charge is -2.40. The predicted octanol–water partition coefficient (Wildman–Crippen LogP) is 2.81. The molecule has 7 nitrogen and oxygen atoms in total. The molecule has 156 valence electrons. The average Bonchev–Trinajstić information content (AvgIpc) is 3.41. The van der Waals surface area contributed by atoms with E-state index in [9.17, 15) is 14.4 Å². The number of carbonyl (C=O) groups is 3. The standard InChI is InChI=1S/C24H22N4O3/c29-21(25-12-16-26-13-5-6-14-26)11-15-27-22-17-7-1-2-8-18(17)24(31)28(22)20-10-4-3-9-19(20)23(27)30/h1-10,13-14,22H,11-12,15-16H2,(H,25,29). The molecular weight excluding hydrogens is 392 g/mol. The Morgan fingerprint density at radius 2 is 1.55 bits per heavy atom. The molecule has 31 heavy (non-hydrogen) atoms. The van der Waals surface area contributed by atoms with Crippen LogP contribution in [0.2, 0.25) is 0 Å². The minimum absolute atomic E-state index is 0.122. The summed E-state index contributed by atoms with van der Waals surface area (Å²) in [4.78, 5) is 42.2. The summed E-state index contributed by atoms with van der Waals surface area (Å²) in [5.74, 6) is -0.411. The molecule has 0 radical (unpaired) electrons. The van der Waals surface area contributed by atoms with Gasteiger partial charge in [0.15, 0.2) is 0 Å². The molecular formula is C24H22N4O3. The first-order valence-corrected chi connectivity index (χ1v) is 10.3. The zero-order chi connectivity index (χ0) is 21.4. The van der Waals surface area contributed by atoms with Crippen molar-refractivity contribution in [2.24, 2.45) is 0 Å². The maximum Gasteiger partial charge on any atom is 0.260 e. The second-order valence-electron chi connectivity index (χ2n) is 7.67. The molecule has 2 aliphatic heterocycles. The van der Waals surface area contributed by atoms with Crippen molar-refractivity contribution in [2.75, 3.05) is 18.0 Å². The van der Waals surface area contributed by atoms with Crippen LogP contribution in [0.5, 0.6) is 0 Å². The third-order valence-electron chi connectivity index (χ3n) is 5.82. The number of hydrogen-bond donors (Lipinski definition) is 1. The van der Waals surface area contributed by atoms with E-state index in [-0.39, 0.29) is 30.7 Å². The molecule has 5 rings (SSSR count). The fraction of sp³-hybridized carbons (Fsp3) is 0.208. The van der Waals surface area contributed by atoms with E-state index in [2.05, 4.69) is 5.32 Å². The highest BCUT2D eigenvalue weighted by Gasteiger charge is 2.47. The van der Waals surface area contributed by atoms with Crippen LogP contribution in [0.3, 0.4) is 0 Å². The Balaban J connectivity index is 1.36. The predicted molar refractivity (Wildman–Crippen MR) is 116 cm³/mol. The lowest BCUT2D eigenvalue weighted by molar-refractivity contribution is -0.121. The fourth-order valence-electron chi connectivity index (χ4n) is 4.35. The molecule has 7 heteroatoms. The third kappa shape index (κ3) is 3.28. The number of nitrogens with one attached hydrogen (secondary N) is 1. The molecule has 3 heterocycles. The summed E-state index contributed by atoms with van der Waals surface area (Å²) in [5, 5.41) is 2.90. The summed E-state index contributed by atoms with van der Waals surface area (Å²) in [7, 11) is 0. The normalized spacial score (nSPS) is 16.7. The van der Waals surface area contributed by atoms with Crippen LogP contribution in [0.1, 0.15) is 38.9 Å². The maximum absolute atomic E-state index is 13.3. The van der Waals surface area contributed by atoms with E-state index in [0.717, 1.165) is 5.56 Å². The molecule has 1 unspecified atom stereocenters. The average molecular weight is 414 g/mol. The molecule has 0 saturated heterocycles. The van der Waals surface area contributed by atoms with Crippen molar-refractivity contribution in [3.8, 4) is 0 Å². The number of aromatic nitrogens is 1. The first-order valence-electron chi connectivity index (χ1n) is 10.3. The lowest BCUT2D eigenvalue weighted by Crippen LogP contribution is -2.49. The van der Waals surface area contributed by atoms with Gasteiger partial charge in [-0.3, -0.25) is 19.3 Å². The van der Waals surface area contributed by atoms with Gasteiger partial charge >= 0.3 is 0 Å².